The lowest BCUT2D eigenvalue weighted by Gasteiger charge is -2.30. The van der Waals surface area contributed by atoms with E-state index >= 15 is 0 Å². The largest absolute Gasteiger partial charge is 0.394 e. The summed E-state index contributed by atoms with van der Waals surface area (Å²) in [5, 5.41) is 47.6. The van der Waals surface area contributed by atoms with Crippen molar-refractivity contribution in [2.24, 2.45) is 0 Å². The predicted molar refractivity (Wildman–Crippen MR) is 80.8 cm³/mol. The molecule has 0 amide bonds. The van der Waals surface area contributed by atoms with Crippen molar-refractivity contribution in [3.63, 3.8) is 0 Å². The third kappa shape index (κ3) is 5.77. The summed E-state index contributed by atoms with van der Waals surface area (Å²) in [6.07, 6.45) is -6.93. The average molecular weight is 366 g/mol. The van der Waals surface area contributed by atoms with Gasteiger partial charge >= 0.3 is 0 Å². The molecular formula is C16H21F3O6. The SMILES string of the molecule is C=CCC(OCc1cc(F)c(F)c(F)c1)C(O)C(O)C(O)C(O)CO. The first kappa shape index (κ1) is 21.6. The summed E-state index contributed by atoms with van der Waals surface area (Å²) in [4.78, 5) is 0. The van der Waals surface area contributed by atoms with Crippen LogP contribution < -0.4 is 0 Å². The van der Waals surface area contributed by atoms with Crippen molar-refractivity contribution in [2.75, 3.05) is 6.61 Å². The number of benzene rings is 1. The highest BCUT2D eigenvalue weighted by Gasteiger charge is 2.34. The number of halogens is 3. The molecule has 25 heavy (non-hydrogen) atoms. The second-order valence-electron chi connectivity index (χ2n) is 5.47. The van der Waals surface area contributed by atoms with Crippen LogP contribution in [0.4, 0.5) is 13.2 Å². The molecule has 6 nitrogen and oxygen atoms in total. The fraction of sp³-hybridized carbons (Fsp3) is 0.500. The maximum Gasteiger partial charge on any atom is 0.194 e. The molecule has 1 rings (SSSR count). The molecule has 1 aromatic carbocycles. The molecule has 0 aliphatic carbocycles. The molecule has 0 spiro atoms. The van der Waals surface area contributed by atoms with Crippen LogP contribution in [0.1, 0.15) is 12.0 Å². The topological polar surface area (TPSA) is 110 Å². The molecule has 0 saturated heterocycles. The zero-order valence-corrected chi connectivity index (χ0v) is 13.2. The second kappa shape index (κ2) is 9.85. The van der Waals surface area contributed by atoms with Crippen LogP contribution in [0.3, 0.4) is 0 Å². The summed E-state index contributed by atoms with van der Waals surface area (Å²) in [5.41, 5.74) is -0.0527. The van der Waals surface area contributed by atoms with Gasteiger partial charge in [-0.05, 0) is 24.1 Å². The Bertz CT molecular complexity index is 548. The Kier molecular flexibility index (Phi) is 8.50. The molecule has 5 atom stereocenters. The van der Waals surface area contributed by atoms with Gasteiger partial charge in [0.05, 0.1) is 19.3 Å². The van der Waals surface area contributed by atoms with Crippen molar-refractivity contribution in [3.8, 4) is 0 Å². The smallest absolute Gasteiger partial charge is 0.194 e. The van der Waals surface area contributed by atoms with Gasteiger partial charge in [0.25, 0.3) is 0 Å². The molecule has 1 aromatic rings. The Morgan fingerprint density at radius 1 is 1.00 bits per heavy atom. The first-order valence-corrected chi connectivity index (χ1v) is 7.41. The van der Waals surface area contributed by atoms with Crippen LogP contribution >= 0.6 is 0 Å². The van der Waals surface area contributed by atoms with Crippen molar-refractivity contribution < 1.29 is 43.4 Å². The molecule has 9 heteroatoms. The molecule has 0 bridgehead atoms. The van der Waals surface area contributed by atoms with E-state index in [0.717, 1.165) is 12.1 Å². The Labute approximate surface area is 142 Å². The zero-order chi connectivity index (χ0) is 19.1. The van der Waals surface area contributed by atoms with Crippen molar-refractivity contribution in [3.05, 3.63) is 47.8 Å². The average Bonchev–Trinajstić information content (AvgIpc) is 2.60. The third-order valence-corrected chi connectivity index (χ3v) is 3.57. The maximum atomic E-state index is 13.2. The number of aliphatic hydroxyl groups is 5. The van der Waals surface area contributed by atoms with Crippen molar-refractivity contribution in [2.45, 2.75) is 43.5 Å². The van der Waals surface area contributed by atoms with E-state index in [0.29, 0.717) is 0 Å². The van der Waals surface area contributed by atoms with Gasteiger partial charge in [0, 0.05) is 0 Å². The predicted octanol–water partition coefficient (Wildman–Crippen LogP) is 0.00110. The molecule has 0 heterocycles. The van der Waals surface area contributed by atoms with Gasteiger partial charge in [0.15, 0.2) is 17.5 Å². The lowest BCUT2D eigenvalue weighted by atomic mass is 9.97. The minimum Gasteiger partial charge on any atom is -0.394 e. The molecule has 0 aliphatic rings. The van der Waals surface area contributed by atoms with Crippen LogP contribution in [0.2, 0.25) is 0 Å². The fourth-order valence-corrected chi connectivity index (χ4v) is 2.12. The van der Waals surface area contributed by atoms with E-state index in [-0.39, 0.29) is 12.0 Å². The van der Waals surface area contributed by atoms with Gasteiger partial charge < -0.3 is 30.3 Å². The highest BCUT2D eigenvalue weighted by atomic mass is 19.2. The minimum absolute atomic E-state index is 0.00761. The Morgan fingerprint density at radius 2 is 1.56 bits per heavy atom. The van der Waals surface area contributed by atoms with E-state index in [9.17, 15) is 33.6 Å². The van der Waals surface area contributed by atoms with E-state index in [1.165, 1.54) is 6.08 Å². The summed E-state index contributed by atoms with van der Waals surface area (Å²) in [6, 6.07) is 1.44. The van der Waals surface area contributed by atoms with Crippen molar-refractivity contribution >= 4 is 0 Å². The third-order valence-electron chi connectivity index (χ3n) is 3.57. The van der Waals surface area contributed by atoms with E-state index < -0.39 is 61.2 Å². The molecule has 5 unspecified atom stereocenters. The van der Waals surface area contributed by atoms with Crippen molar-refractivity contribution in [1.29, 1.82) is 0 Å². The standard InChI is InChI=1S/C16H21F3O6/c1-2-3-12(15(23)16(24)14(22)11(21)6-20)25-7-8-4-9(17)13(19)10(18)5-8/h2,4-5,11-12,14-16,20-24H,1,3,6-7H2. The number of hydrogen-bond donors (Lipinski definition) is 5. The van der Waals surface area contributed by atoms with E-state index in [1.54, 1.807) is 0 Å². The summed E-state index contributed by atoms with van der Waals surface area (Å²) >= 11 is 0. The summed E-state index contributed by atoms with van der Waals surface area (Å²) in [7, 11) is 0. The molecule has 0 aliphatic heterocycles. The van der Waals surface area contributed by atoms with Gasteiger partial charge in [0.2, 0.25) is 0 Å². The highest BCUT2D eigenvalue weighted by molar-refractivity contribution is 5.18. The molecular weight excluding hydrogens is 345 g/mol. The zero-order valence-electron chi connectivity index (χ0n) is 13.2. The lowest BCUT2D eigenvalue weighted by Crippen LogP contribution is -2.50. The summed E-state index contributed by atoms with van der Waals surface area (Å²) in [5.74, 6) is -4.43. The summed E-state index contributed by atoms with van der Waals surface area (Å²) in [6.45, 7) is 2.18. The van der Waals surface area contributed by atoms with Crippen LogP contribution in [0, 0.1) is 17.5 Å². The van der Waals surface area contributed by atoms with Crippen LogP contribution in [-0.4, -0.2) is 62.7 Å². The van der Waals surface area contributed by atoms with E-state index in [2.05, 4.69) is 6.58 Å². The van der Waals surface area contributed by atoms with Gasteiger partial charge in [-0.2, -0.15) is 0 Å². The van der Waals surface area contributed by atoms with Gasteiger partial charge in [-0.15, -0.1) is 6.58 Å². The minimum atomic E-state index is -1.87. The van der Waals surface area contributed by atoms with Crippen LogP contribution in [-0.2, 0) is 11.3 Å². The highest BCUT2D eigenvalue weighted by Crippen LogP contribution is 2.18. The first-order valence-electron chi connectivity index (χ1n) is 7.41. The van der Waals surface area contributed by atoms with Crippen molar-refractivity contribution in [1.82, 2.24) is 0 Å². The molecule has 0 aromatic heterocycles. The summed E-state index contributed by atoms with van der Waals surface area (Å²) < 4.78 is 44.5. The first-order chi connectivity index (χ1) is 11.7. The number of aliphatic hydroxyl groups excluding tert-OH is 5. The van der Waals surface area contributed by atoms with E-state index in [4.69, 9.17) is 9.84 Å². The monoisotopic (exact) mass is 366 g/mol. The van der Waals surface area contributed by atoms with E-state index in [1.807, 2.05) is 0 Å². The second-order valence-corrected chi connectivity index (χ2v) is 5.47. The molecule has 142 valence electrons. The van der Waals surface area contributed by atoms with Crippen LogP contribution in [0.15, 0.2) is 24.8 Å². The normalized spacial score (nSPS) is 17.6. The molecule has 5 N–H and O–H groups in total. The fourth-order valence-electron chi connectivity index (χ4n) is 2.12. The maximum absolute atomic E-state index is 13.2. The van der Waals surface area contributed by atoms with Gasteiger partial charge in [-0.1, -0.05) is 6.08 Å². The number of hydrogen-bond acceptors (Lipinski definition) is 6. The van der Waals surface area contributed by atoms with Gasteiger partial charge in [-0.25, -0.2) is 13.2 Å². The van der Waals surface area contributed by atoms with Gasteiger partial charge in [-0.3, -0.25) is 0 Å². The lowest BCUT2D eigenvalue weighted by molar-refractivity contribution is -0.152. The number of ether oxygens (including phenoxy) is 1. The van der Waals surface area contributed by atoms with Crippen LogP contribution in [0.5, 0.6) is 0 Å². The Balaban J connectivity index is 2.81. The Hall–Kier alpha value is -1.49. The quantitative estimate of drug-likeness (QED) is 0.295. The molecule has 0 radical (unpaired) electrons. The Morgan fingerprint density at radius 3 is 2.04 bits per heavy atom. The molecule has 0 saturated carbocycles. The van der Waals surface area contributed by atoms with Crippen LogP contribution in [0.25, 0.3) is 0 Å². The van der Waals surface area contributed by atoms with Gasteiger partial charge in [0.1, 0.15) is 24.4 Å². The molecule has 0 fully saturated rings. The number of rotatable bonds is 10.